The van der Waals surface area contributed by atoms with E-state index in [-0.39, 0.29) is 11.7 Å². The molecule has 24 heavy (non-hydrogen) atoms. The molecule has 0 aliphatic heterocycles. The molecule has 2 aromatic rings. The van der Waals surface area contributed by atoms with Crippen molar-refractivity contribution in [3.8, 4) is 5.75 Å². The molecule has 0 spiro atoms. The maximum absolute atomic E-state index is 12.0. The Morgan fingerprint density at radius 3 is 2.67 bits per heavy atom. The number of hydrogen-bond acceptors (Lipinski definition) is 5. The number of rotatable bonds is 8. The number of alkyl halides is 2. The smallest absolute Gasteiger partial charge is 0.387 e. The van der Waals surface area contributed by atoms with Gasteiger partial charge in [0.05, 0.1) is 6.20 Å². The Bertz CT molecular complexity index is 664. The average Bonchev–Trinajstić information content (AvgIpc) is 2.58. The molecule has 1 aromatic heterocycles. The van der Waals surface area contributed by atoms with Crippen molar-refractivity contribution >= 4 is 17.8 Å². The number of anilines is 1. The summed E-state index contributed by atoms with van der Waals surface area (Å²) in [5, 5.41) is 5.71. The number of aromatic nitrogens is 2. The van der Waals surface area contributed by atoms with Crippen molar-refractivity contribution in [3.05, 3.63) is 54.5 Å². The summed E-state index contributed by atoms with van der Waals surface area (Å²) in [6, 6.07) is 5.98. The van der Waals surface area contributed by atoms with E-state index in [0.717, 1.165) is 0 Å². The molecule has 2 N–H and O–H groups in total. The first kappa shape index (κ1) is 17.3. The Morgan fingerprint density at radius 1 is 1.21 bits per heavy atom. The second-order valence-electron chi connectivity index (χ2n) is 4.59. The molecule has 0 unspecified atom stereocenters. The van der Waals surface area contributed by atoms with Gasteiger partial charge in [0.15, 0.2) is 0 Å². The third kappa shape index (κ3) is 6.39. The molecule has 2 rings (SSSR count). The molecule has 0 saturated carbocycles. The molecule has 8 heteroatoms. The molecule has 0 fully saturated rings. The summed E-state index contributed by atoms with van der Waals surface area (Å²) in [5.74, 6) is 0.443. The van der Waals surface area contributed by atoms with Crippen molar-refractivity contribution in [1.82, 2.24) is 15.3 Å². The normalized spacial score (nSPS) is 10.8. The number of amides is 1. The van der Waals surface area contributed by atoms with Gasteiger partial charge in [0.2, 0.25) is 5.91 Å². The summed E-state index contributed by atoms with van der Waals surface area (Å²) in [4.78, 5) is 19.6. The van der Waals surface area contributed by atoms with Gasteiger partial charge < -0.3 is 15.4 Å². The van der Waals surface area contributed by atoms with Crippen molar-refractivity contribution in [2.24, 2.45) is 0 Å². The van der Waals surface area contributed by atoms with Gasteiger partial charge in [-0.1, -0.05) is 12.1 Å². The molecule has 6 nitrogen and oxygen atoms in total. The lowest BCUT2D eigenvalue weighted by Gasteiger charge is -2.05. The topological polar surface area (TPSA) is 76.1 Å². The molecule has 1 aromatic carbocycles. The van der Waals surface area contributed by atoms with Crippen molar-refractivity contribution < 1.29 is 18.3 Å². The van der Waals surface area contributed by atoms with E-state index >= 15 is 0 Å². The number of carbonyl (C=O) groups is 1. The number of nitrogens with zero attached hydrogens (tertiary/aromatic N) is 2. The van der Waals surface area contributed by atoms with E-state index in [9.17, 15) is 13.6 Å². The quantitative estimate of drug-likeness (QED) is 0.572. The van der Waals surface area contributed by atoms with Gasteiger partial charge in [0.25, 0.3) is 0 Å². The van der Waals surface area contributed by atoms with Crippen LogP contribution in [-0.2, 0) is 4.79 Å². The molecule has 1 amide bonds. The number of nitrogens with one attached hydrogen (secondary N) is 2. The first-order valence-corrected chi connectivity index (χ1v) is 7.14. The predicted molar refractivity (Wildman–Crippen MR) is 85.6 cm³/mol. The van der Waals surface area contributed by atoms with Gasteiger partial charge in [-0.15, -0.1) is 0 Å². The third-order valence-electron chi connectivity index (χ3n) is 2.83. The Hall–Kier alpha value is -3.03. The van der Waals surface area contributed by atoms with Crippen LogP contribution < -0.4 is 15.4 Å². The number of halogens is 2. The Morgan fingerprint density at radius 2 is 2.00 bits per heavy atom. The highest BCUT2D eigenvalue weighted by atomic mass is 19.3. The number of hydrogen-bond donors (Lipinski definition) is 2. The van der Waals surface area contributed by atoms with E-state index in [4.69, 9.17) is 0 Å². The van der Waals surface area contributed by atoms with E-state index in [2.05, 4.69) is 25.3 Å². The number of ether oxygens (including phenoxy) is 1. The fraction of sp³-hybridized carbons (Fsp3) is 0.188. The van der Waals surface area contributed by atoms with E-state index < -0.39 is 6.61 Å². The predicted octanol–water partition coefficient (Wildman–Crippen LogP) is 2.32. The molecule has 126 valence electrons. The van der Waals surface area contributed by atoms with Crippen LogP contribution in [0.3, 0.4) is 0 Å². The van der Waals surface area contributed by atoms with Gasteiger partial charge in [-0.25, -0.2) is 4.98 Å². The summed E-state index contributed by atoms with van der Waals surface area (Å²) in [6.07, 6.45) is 7.68. The second-order valence-corrected chi connectivity index (χ2v) is 4.59. The lowest BCUT2D eigenvalue weighted by atomic mass is 10.2. The largest absolute Gasteiger partial charge is 0.435 e. The molecule has 1 heterocycles. The van der Waals surface area contributed by atoms with Crippen LogP contribution in [0, 0.1) is 0 Å². The zero-order chi connectivity index (χ0) is 17.2. The fourth-order valence-corrected chi connectivity index (χ4v) is 1.76. The minimum Gasteiger partial charge on any atom is -0.435 e. The van der Waals surface area contributed by atoms with Crippen molar-refractivity contribution in [2.75, 3.05) is 18.4 Å². The van der Waals surface area contributed by atoms with Crippen molar-refractivity contribution in [1.29, 1.82) is 0 Å². The Balaban J connectivity index is 1.70. The second kappa shape index (κ2) is 9.19. The van der Waals surface area contributed by atoms with E-state index in [1.807, 2.05) is 0 Å². The van der Waals surface area contributed by atoms with Crippen molar-refractivity contribution in [2.45, 2.75) is 6.61 Å². The van der Waals surface area contributed by atoms with Gasteiger partial charge in [-0.3, -0.25) is 9.78 Å². The first-order chi connectivity index (χ1) is 11.6. The summed E-state index contributed by atoms with van der Waals surface area (Å²) in [6.45, 7) is -1.92. The van der Waals surface area contributed by atoms with Gasteiger partial charge in [0, 0.05) is 31.6 Å². The van der Waals surface area contributed by atoms with E-state index in [1.54, 1.807) is 36.8 Å². The van der Waals surface area contributed by atoms with E-state index in [1.165, 1.54) is 18.2 Å². The molecule has 0 atom stereocenters. The summed E-state index contributed by atoms with van der Waals surface area (Å²) < 4.78 is 28.3. The summed E-state index contributed by atoms with van der Waals surface area (Å²) in [7, 11) is 0. The van der Waals surface area contributed by atoms with Crippen LogP contribution in [-0.4, -0.2) is 35.6 Å². The average molecular weight is 334 g/mol. The molecule has 0 saturated heterocycles. The summed E-state index contributed by atoms with van der Waals surface area (Å²) in [5.41, 5.74) is 0.699. The standard InChI is InChI=1S/C16H16F2N4O2/c17-16(18)24-13-4-1-12(2-5-13)3-6-15(23)22-10-9-21-14-11-19-7-8-20-14/h1-8,11,16H,9-10H2,(H,20,21)(H,22,23). The Kier molecular flexibility index (Phi) is 6.63. The minimum absolute atomic E-state index is 0.0710. The van der Waals surface area contributed by atoms with Crippen LogP contribution in [0.1, 0.15) is 5.56 Å². The number of carbonyl (C=O) groups excluding carboxylic acids is 1. The molecular weight excluding hydrogens is 318 g/mol. The van der Waals surface area contributed by atoms with Crippen LogP contribution in [0.5, 0.6) is 5.75 Å². The third-order valence-corrected chi connectivity index (χ3v) is 2.83. The molecule has 0 radical (unpaired) electrons. The van der Waals surface area contributed by atoms with Crippen LogP contribution in [0.4, 0.5) is 14.6 Å². The van der Waals surface area contributed by atoms with Gasteiger partial charge in [0.1, 0.15) is 11.6 Å². The minimum atomic E-state index is -2.85. The van der Waals surface area contributed by atoms with Crippen LogP contribution in [0.25, 0.3) is 6.08 Å². The lowest BCUT2D eigenvalue weighted by Crippen LogP contribution is -2.27. The fourth-order valence-electron chi connectivity index (χ4n) is 1.76. The summed E-state index contributed by atoms with van der Waals surface area (Å²) >= 11 is 0. The highest BCUT2D eigenvalue weighted by molar-refractivity contribution is 5.91. The molecule has 0 bridgehead atoms. The maximum Gasteiger partial charge on any atom is 0.387 e. The Labute approximate surface area is 137 Å². The zero-order valence-electron chi connectivity index (χ0n) is 12.7. The van der Waals surface area contributed by atoms with Gasteiger partial charge in [-0.05, 0) is 23.8 Å². The lowest BCUT2D eigenvalue weighted by molar-refractivity contribution is -0.116. The zero-order valence-corrected chi connectivity index (χ0v) is 12.7. The SMILES string of the molecule is O=C(C=Cc1ccc(OC(F)F)cc1)NCCNc1cnccn1. The first-order valence-electron chi connectivity index (χ1n) is 7.14. The van der Waals surface area contributed by atoms with E-state index in [0.29, 0.717) is 24.5 Å². The van der Waals surface area contributed by atoms with Gasteiger partial charge >= 0.3 is 6.61 Å². The number of benzene rings is 1. The monoisotopic (exact) mass is 334 g/mol. The highest BCUT2D eigenvalue weighted by Crippen LogP contribution is 2.15. The van der Waals surface area contributed by atoms with Crippen molar-refractivity contribution in [3.63, 3.8) is 0 Å². The van der Waals surface area contributed by atoms with Crippen LogP contribution in [0.2, 0.25) is 0 Å². The molecule has 0 aliphatic rings. The highest BCUT2D eigenvalue weighted by Gasteiger charge is 2.03. The van der Waals surface area contributed by atoms with Crippen LogP contribution >= 0.6 is 0 Å². The van der Waals surface area contributed by atoms with Gasteiger partial charge in [-0.2, -0.15) is 8.78 Å². The van der Waals surface area contributed by atoms with Crippen LogP contribution in [0.15, 0.2) is 48.9 Å². The molecule has 0 aliphatic carbocycles. The molecular formula is C16H16F2N4O2. The maximum atomic E-state index is 12.0.